The van der Waals surface area contributed by atoms with Crippen LogP contribution in [0.1, 0.15) is 35.4 Å². The third-order valence-corrected chi connectivity index (χ3v) is 5.63. The maximum atomic E-state index is 4.82. The van der Waals surface area contributed by atoms with E-state index in [0.29, 0.717) is 0 Å². The van der Waals surface area contributed by atoms with Gasteiger partial charge in [0.1, 0.15) is 11.3 Å². The van der Waals surface area contributed by atoms with Crippen LogP contribution in [0.15, 0.2) is 91.6 Å². The topological polar surface area (TPSA) is 56.5 Å². The SMILES string of the molecule is CCc1nc2cccnc2n1-c1ccccc1CC(c1cccnc1)c1cccnc1. The van der Waals surface area contributed by atoms with Crippen molar-refractivity contribution in [3.63, 3.8) is 0 Å². The number of benzene rings is 1. The highest BCUT2D eigenvalue weighted by Gasteiger charge is 2.20. The molecule has 5 heteroatoms. The monoisotopic (exact) mass is 405 g/mol. The molecule has 5 rings (SSSR count). The molecule has 0 aliphatic rings. The van der Waals surface area contributed by atoms with Gasteiger partial charge in [-0.2, -0.15) is 0 Å². The van der Waals surface area contributed by atoms with Gasteiger partial charge in [-0.1, -0.05) is 37.3 Å². The van der Waals surface area contributed by atoms with Gasteiger partial charge in [0.25, 0.3) is 0 Å². The Kier molecular flexibility index (Phi) is 5.23. The Bertz CT molecular complexity index is 1260. The summed E-state index contributed by atoms with van der Waals surface area (Å²) in [6.07, 6.45) is 11.0. The molecule has 0 aliphatic carbocycles. The summed E-state index contributed by atoms with van der Waals surface area (Å²) >= 11 is 0. The summed E-state index contributed by atoms with van der Waals surface area (Å²) in [5.74, 6) is 1.16. The molecule has 31 heavy (non-hydrogen) atoms. The Morgan fingerprint density at radius 2 is 1.52 bits per heavy atom. The maximum Gasteiger partial charge on any atom is 0.164 e. The second kappa shape index (κ2) is 8.48. The molecule has 0 N–H and O–H groups in total. The minimum atomic E-state index is 0.149. The van der Waals surface area contributed by atoms with Crippen LogP contribution in [0.2, 0.25) is 0 Å². The van der Waals surface area contributed by atoms with E-state index >= 15 is 0 Å². The largest absolute Gasteiger partial charge is 0.280 e. The number of hydrogen-bond acceptors (Lipinski definition) is 4. The summed E-state index contributed by atoms with van der Waals surface area (Å²) in [6, 6.07) is 20.8. The van der Waals surface area contributed by atoms with Crippen molar-refractivity contribution in [3.05, 3.63) is 114 Å². The van der Waals surface area contributed by atoms with Gasteiger partial charge in [-0.3, -0.25) is 14.5 Å². The molecule has 0 bridgehead atoms. The average molecular weight is 406 g/mol. The molecule has 4 aromatic heterocycles. The lowest BCUT2D eigenvalue weighted by molar-refractivity contribution is 0.783. The molecule has 0 aliphatic heterocycles. The molecule has 0 saturated carbocycles. The fourth-order valence-electron chi connectivity index (χ4n) is 4.16. The first kappa shape index (κ1) is 19.1. The smallest absolute Gasteiger partial charge is 0.164 e. The Balaban J connectivity index is 1.65. The molecular formula is C26H23N5. The summed E-state index contributed by atoms with van der Waals surface area (Å²) in [4.78, 5) is 18.2. The first-order valence-electron chi connectivity index (χ1n) is 10.6. The van der Waals surface area contributed by atoms with E-state index in [1.807, 2.05) is 55.2 Å². The number of para-hydroxylation sites is 1. The van der Waals surface area contributed by atoms with E-state index in [9.17, 15) is 0 Å². The van der Waals surface area contributed by atoms with E-state index in [2.05, 4.69) is 62.8 Å². The van der Waals surface area contributed by atoms with Crippen molar-refractivity contribution in [1.82, 2.24) is 24.5 Å². The van der Waals surface area contributed by atoms with Gasteiger partial charge in [0, 0.05) is 43.3 Å². The second-order valence-electron chi connectivity index (χ2n) is 7.52. The first-order chi connectivity index (χ1) is 15.3. The Labute approximate surface area is 181 Å². The minimum Gasteiger partial charge on any atom is -0.280 e. The number of nitrogens with zero attached hydrogens (tertiary/aromatic N) is 5. The lowest BCUT2D eigenvalue weighted by Gasteiger charge is -2.20. The third-order valence-electron chi connectivity index (χ3n) is 5.63. The van der Waals surface area contributed by atoms with Gasteiger partial charge >= 0.3 is 0 Å². The molecule has 0 amide bonds. The summed E-state index contributed by atoms with van der Waals surface area (Å²) in [5, 5.41) is 0. The molecule has 4 heterocycles. The van der Waals surface area contributed by atoms with Crippen LogP contribution in [0.4, 0.5) is 0 Å². The van der Waals surface area contributed by atoms with Crippen molar-refractivity contribution in [3.8, 4) is 5.69 Å². The van der Waals surface area contributed by atoms with Crippen molar-refractivity contribution < 1.29 is 0 Å². The minimum absolute atomic E-state index is 0.149. The lowest BCUT2D eigenvalue weighted by atomic mass is 9.87. The molecule has 0 unspecified atom stereocenters. The molecule has 1 aromatic carbocycles. The quantitative estimate of drug-likeness (QED) is 0.392. The Morgan fingerprint density at radius 1 is 0.806 bits per heavy atom. The predicted octanol–water partition coefficient (Wildman–Crippen LogP) is 5.15. The standard InChI is InChI=1S/C26H23N5/c1-2-25-30-23-11-7-15-29-26(23)31(25)24-12-4-3-8-19(24)16-22(20-9-5-13-27-17-20)21-10-6-14-28-18-21/h3-15,17-18,22H,2,16H2,1H3. The molecule has 5 nitrogen and oxygen atoms in total. The van der Waals surface area contributed by atoms with E-state index in [0.717, 1.165) is 35.5 Å². The van der Waals surface area contributed by atoms with Crippen LogP contribution in [-0.2, 0) is 12.8 Å². The van der Waals surface area contributed by atoms with Crippen molar-refractivity contribution in [2.45, 2.75) is 25.7 Å². The first-order valence-corrected chi connectivity index (χ1v) is 10.6. The van der Waals surface area contributed by atoms with E-state index in [4.69, 9.17) is 4.98 Å². The molecule has 0 atom stereocenters. The fraction of sp³-hybridized carbons (Fsp3) is 0.154. The zero-order chi connectivity index (χ0) is 21.0. The number of rotatable bonds is 6. The zero-order valence-corrected chi connectivity index (χ0v) is 17.4. The number of aryl methyl sites for hydroxylation is 1. The van der Waals surface area contributed by atoms with Gasteiger partial charge in [-0.15, -0.1) is 0 Å². The molecule has 0 saturated heterocycles. The van der Waals surface area contributed by atoms with Crippen LogP contribution in [-0.4, -0.2) is 24.5 Å². The molecule has 0 radical (unpaired) electrons. The van der Waals surface area contributed by atoms with Crippen LogP contribution in [0.5, 0.6) is 0 Å². The van der Waals surface area contributed by atoms with Crippen LogP contribution in [0.3, 0.4) is 0 Å². The summed E-state index contributed by atoms with van der Waals surface area (Å²) < 4.78 is 2.20. The van der Waals surface area contributed by atoms with Gasteiger partial charge in [0.05, 0.1) is 5.69 Å². The van der Waals surface area contributed by atoms with Crippen molar-refractivity contribution in [2.24, 2.45) is 0 Å². The van der Waals surface area contributed by atoms with Gasteiger partial charge in [0.2, 0.25) is 0 Å². The molecular weight excluding hydrogens is 382 g/mol. The molecule has 152 valence electrons. The number of aromatic nitrogens is 5. The van der Waals surface area contributed by atoms with E-state index in [1.54, 1.807) is 0 Å². The van der Waals surface area contributed by atoms with E-state index in [-0.39, 0.29) is 5.92 Å². The number of fused-ring (bicyclic) bond motifs is 1. The van der Waals surface area contributed by atoms with Crippen LogP contribution >= 0.6 is 0 Å². The number of pyridine rings is 3. The molecule has 5 aromatic rings. The van der Waals surface area contributed by atoms with Gasteiger partial charge in [-0.05, 0) is 53.4 Å². The predicted molar refractivity (Wildman–Crippen MR) is 122 cm³/mol. The van der Waals surface area contributed by atoms with Crippen LogP contribution in [0, 0.1) is 0 Å². The van der Waals surface area contributed by atoms with Crippen molar-refractivity contribution in [2.75, 3.05) is 0 Å². The second-order valence-corrected chi connectivity index (χ2v) is 7.52. The summed E-state index contributed by atoms with van der Waals surface area (Å²) in [5.41, 5.74) is 6.53. The number of hydrogen-bond donors (Lipinski definition) is 0. The van der Waals surface area contributed by atoms with Gasteiger partial charge < -0.3 is 0 Å². The van der Waals surface area contributed by atoms with E-state index in [1.165, 1.54) is 16.7 Å². The normalized spacial score (nSPS) is 11.3. The Morgan fingerprint density at radius 3 is 2.19 bits per heavy atom. The van der Waals surface area contributed by atoms with Crippen molar-refractivity contribution in [1.29, 1.82) is 0 Å². The third kappa shape index (κ3) is 3.70. The lowest BCUT2D eigenvalue weighted by Crippen LogP contribution is -2.10. The van der Waals surface area contributed by atoms with Gasteiger partial charge in [-0.25, -0.2) is 9.97 Å². The Hall–Kier alpha value is -3.86. The van der Waals surface area contributed by atoms with Gasteiger partial charge in [0.15, 0.2) is 5.65 Å². The van der Waals surface area contributed by atoms with Crippen molar-refractivity contribution >= 4 is 11.2 Å². The highest BCUT2D eigenvalue weighted by atomic mass is 15.1. The number of imidazole rings is 1. The maximum absolute atomic E-state index is 4.82. The highest BCUT2D eigenvalue weighted by Crippen LogP contribution is 2.31. The summed E-state index contributed by atoms with van der Waals surface area (Å²) in [6.45, 7) is 2.13. The van der Waals surface area contributed by atoms with Crippen LogP contribution in [0.25, 0.3) is 16.9 Å². The van der Waals surface area contributed by atoms with E-state index < -0.39 is 0 Å². The molecule has 0 spiro atoms. The summed E-state index contributed by atoms with van der Waals surface area (Å²) in [7, 11) is 0. The fourth-order valence-corrected chi connectivity index (χ4v) is 4.16. The average Bonchev–Trinajstić information content (AvgIpc) is 3.22. The zero-order valence-electron chi connectivity index (χ0n) is 17.4. The highest BCUT2D eigenvalue weighted by molar-refractivity contribution is 5.74. The van der Waals surface area contributed by atoms with Crippen LogP contribution < -0.4 is 0 Å². The molecule has 0 fully saturated rings.